The average Bonchev–Trinajstić information content (AvgIpc) is 2.23. The van der Waals surface area contributed by atoms with Crippen molar-refractivity contribution in [2.45, 2.75) is 37.6 Å². The molecule has 0 aliphatic heterocycles. The van der Waals surface area contributed by atoms with E-state index < -0.39 is 12.0 Å². The minimum atomic E-state index is -2.35. The van der Waals surface area contributed by atoms with E-state index >= 15 is 0 Å². The number of aliphatic imine (C=N–C) groups is 1. The van der Waals surface area contributed by atoms with Gasteiger partial charge in [0.05, 0.1) is 5.54 Å². The summed E-state index contributed by atoms with van der Waals surface area (Å²) in [4.78, 5) is 14.3. The van der Waals surface area contributed by atoms with Crippen molar-refractivity contribution in [2.75, 3.05) is 0 Å². The Hall–Kier alpha value is -1.54. The van der Waals surface area contributed by atoms with Crippen LogP contribution in [0.25, 0.3) is 0 Å². The van der Waals surface area contributed by atoms with Gasteiger partial charge in [-0.25, -0.2) is 13.6 Å². The van der Waals surface area contributed by atoms with Gasteiger partial charge in [0, 0.05) is 6.42 Å². The number of carbonyl (C=O) groups excluding carboxylic acids is 1. The largest absolute Gasteiger partial charge is 0.242 e. The van der Waals surface area contributed by atoms with Crippen molar-refractivity contribution in [3.63, 3.8) is 0 Å². The van der Waals surface area contributed by atoms with Crippen molar-refractivity contribution in [1.82, 2.24) is 0 Å². The molecule has 4 heteroatoms. The smallest absolute Gasteiger partial charge is 0.211 e. The predicted molar refractivity (Wildman–Crippen MR) is 59.8 cm³/mol. The maximum Gasteiger partial charge on any atom is 0.242 e. The van der Waals surface area contributed by atoms with Crippen molar-refractivity contribution in [2.24, 2.45) is 4.99 Å². The van der Waals surface area contributed by atoms with Crippen LogP contribution in [0.15, 0.2) is 29.3 Å². The first-order chi connectivity index (χ1) is 8.16. The molecule has 90 valence electrons. The number of hydrogen-bond donors (Lipinski definition) is 0. The van der Waals surface area contributed by atoms with Crippen molar-refractivity contribution in [3.8, 4) is 0 Å². The summed E-state index contributed by atoms with van der Waals surface area (Å²) in [7, 11) is 0. The molecule has 0 atom stereocenters. The topological polar surface area (TPSA) is 29.4 Å². The van der Waals surface area contributed by atoms with Crippen LogP contribution in [0.1, 0.15) is 30.4 Å². The van der Waals surface area contributed by atoms with Gasteiger partial charge in [-0.2, -0.15) is 4.99 Å². The Morgan fingerprint density at radius 2 is 2.18 bits per heavy atom. The second kappa shape index (κ2) is 4.76. The molecule has 0 unspecified atom stereocenters. The van der Waals surface area contributed by atoms with Crippen LogP contribution in [-0.4, -0.2) is 12.5 Å². The zero-order valence-corrected chi connectivity index (χ0v) is 9.33. The number of rotatable bonds is 4. The van der Waals surface area contributed by atoms with Gasteiger partial charge in [0.15, 0.2) is 0 Å². The van der Waals surface area contributed by atoms with Gasteiger partial charge < -0.3 is 0 Å². The predicted octanol–water partition coefficient (Wildman–Crippen LogP) is 3.21. The fraction of sp³-hybridized carbons (Fsp3) is 0.462. The first kappa shape index (κ1) is 11.9. The highest BCUT2D eigenvalue weighted by Gasteiger charge is 2.38. The molecule has 1 fully saturated rings. The van der Waals surface area contributed by atoms with Crippen LogP contribution in [0.5, 0.6) is 0 Å². The van der Waals surface area contributed by atoms with E-state index in [2.05, 4.69) is 4.99 Å². The molecule has 1 aliphatic carbocycles. The van der Waals surface area contributed by atoms with Crippen LogP contribution < -0.4 is 0 Å². The molecule has 0 bridgehead atoms. The zero-order valence-electron chi connectivity index (χ0n) is 9.33. The van der Waals surface area contributed by atoms with Crippen molar-refractivity contribution >= 4 is 6.08 Å². The SMILES string of the molecule is O=C=NC1(c2cccc(CC(F)F)c2)CCC1. The minimum Gasteiger partial charge on any atom is -0.211 e. The summed E-state index contributed by atoms with van der Waals surface area (Å²) in [5.41, 5.74) is 0.940. The van der Waals surface area contributed by atoms with Gasteiger partial charge in [-0.3, -0.25) is 0 Å². The van der Waals surface area contributed by atoms with Gasteiger partial charge in [0.25, 0.3) is 0 Å². The summed E-state index contributed by atoms with van der Waals surface area (Å²) < 4.78 is 24.6. The first-order valence-electron chi connectivity index (χ1n) is 5.63. The molecule has 17 heavy (non-hydrogen) atoms. The van der Waals surface area contributed by atoms with E-state index in [-0.39, 0.29) is 6.42 Å². The Bertz CT molecular complexity index is 448. The molecule has 1 saturated carbocycles. The van der Waals surface area contributed by atoms with Crippen molar-refractivity contribution < 1.29 is 13.6 Å². The second-order valence-corrected chi connectivity index (χ2v) is 4.38. The fourth-order valence-corrected chi connectivity index (χ4v) is 2.23. The monoisotopic (exact) mass is 237 g/mol. The third-order valence-corrected chi connectivity index (χ3v) is 3.29. The van der Waals surface area contributed by atoms with Crippen LogP contribution in [0.4, 0.5) is 8.78 Å². The molecule has 1 aromatic carbocycles. The van der Waals surface area contributed by atoms with E-state index in [0.29, 0.717) is 5.56 Å². The van der Waals surface area contributed by atoms with Crippen LogP contribution >= 0.6 is 0 Å². The van der Waals surface area contributed by atoms with E-state index in [1.807, 2.05) is 6.07 Å². The zero-order chi connectivity index (χ0) is 12.3. The van der Waals surface area contributed by atoms with Gasteiger partial charge in [0.2, 0.25) is 12.5 Å². The van der Waals surface area contributed by atoms with E-state index in [0.717, 1.165) is 24.8 Å². The Balaban J connectivity index is 2.29. The highest BCUT2D eigenvalue weighted by atomic mass is 19.3. The third kappa shape index (κ3) is 2.42. The summed E-state index contributed by atoms with van der Waals surface area (Å²) in [6.07, 6.45) is 1.58. The van der Waals surface area contributed by atoms with Gasteiger partial charge in [-0.15, -0.1) is 0 Å². The van der Waals surface area contributed by atoms with E-state index in [4.69, 9.17) is 0 Å². The van der Waals surface area contributed by atoms with Gasteiger partial charge >= 0.3 is 0 Å². The van der Waals surface area contributed by atoms with Crippen LogP contribution in [0.2, 0.25) is 0 Å². The number of halogens is 2. The molecule has 0 N–H and O–H groups in total. The summed E-state index contributed by atoms with van der Waals surface area (Å²) in [6.45, 7) is 0. The van der Waals surface area contributed by atoms with Crippen LogP contribution in [-0.2, 0) is 16.8 Å². The lowest BCUT2D eigenvalue weighted by molar-refractivity contribution is 0.149. The third-order valence-electron chi connectivity index (χ3n) is 3.29. The minimum absolute atomic E-state index is 0.255. The molecule has 0 radical (unpaired) electrons. The molecule has 0 aromatic heterocycles. The molecular weight excluding hydrogens is 224 g/mol. The lowest BCUT2D eigenvalue weighted by Crippen LogP contribution is -2.31. The van der Waals surface area contributed by atoms with Gasteiger partial charge in [0.1, 0.15) is 0 Å². The Kier molecular flexibility index (Phi) is 3.34. The van der Waals surface area contributed by atoms with Crippen LogP contribution in [0.3, 0.4) is 0 Å². The molecule has 1 aliphatic rings. The quantitative estimate of drug-likeness (QED) is 0.584. The highest BCUT2D eigenvalue weighted by Crippen LogP contribution is 2.44. The summed E-state index contributed by atoms with van der Waals surface area (Å²) >= 11 is 0. The number of alkyl halides is 2. The molecule has 2 rings (SSSR count). The summed E-state index contributed by atoms with van der Waals surface area (Å²) in [5.74, 6) is 0. The summed E-state index contributed by atoms with van der Waals surface area (Å²) in [6, 6.07) is 6.99. The maximum atomic E-state index is 12.3. The Morgan fingerprint density at radius 1 is 1.41 bits per heavy atom. The standard InChI is InChI=1S/C13H13F2NO/c14-12(15)8-10-3-1-4-11(7-10)13(16-9-17)5-2-6-13/h1,3-4,7,12H,2,5-6,8H2. The Labute approximate surface area is 98.4 Å². The normalized spacial score (nSPS) is 17.4. The second-order valence-electron chi connectivity index (χ2n) is 4.38. The summed E-state index contributed by atoms with van der Waals surface area (Å²) in [5, 5.41) is 0. The molecule has 0 amide bonds. The number of nitrogens with zero attached hydrogens (tertiary/aromatic N) is 1. The van der Waals surface area contributed by atoms with E-state index in [9.17, 15) is 13.6 Å². The fourth-order valence-electron chi connectivity index (χ4n) is 2.23. The van der Waals surface area contributed by atoms with Gasteiger partial charge in [-0.05, 0) is 30.4 Å². The van der Waals surface area contributed by atoms with E-state index in [1.165, 1.54) is 0 Å². The maximum absolute atomic E-state index is 12.3. The van der Waals surface area contributed by atoms with Gasteiger partial charge in [-0.1, -0.05) is 24.3 Å². The van der Waals surface area contributed by atoms with Crippen molar-refractivity contribution in [3.05, 3.63) is 35.4 Å². The highest BCUT2D eigenvalue weighted by molar-refractivity contribution is 5.40. The Morgan fingerprint density at radius 3 is 2.71 bits per heavy atom. The molecule has 0 heterocycles. The lowest BCUT2D eigenvalue weighted by atomic mass is 9.72. The van der Waals surface area contributed by atoms with Crippen LogP contribution in [0, 0.1) is 0 Å². The van der Waals surface area contributed by atoms with E-state index in [1.54, 1.807) is 24.3 Å². The number of benzene rings is 1. The lowest BCUT2D eigenvalue weighted by Gasteiger charge is -2.37. The molecule has 2 nitrogen and oxygen atoms in total. The molecule has 0 saturated heterocycles. The molecule has 0 spiro atoms. The molecule has 1 aromatic rings. The average molecular weight is 237 g/mol. The molecular formula is C13H13F2NO. The number of hydrogen-bond acceptors (Lipinski definition) is 2. The number of isocyanates is 1. The first-order valence-corrected chi connectivity index (χ1v) is 5.63. The van der Waals surface area contributed by atoms with Crippen molar-refractivity contribution in [1.29, 1.82) is 0 Å².